The topological polar surface area (TPSA) is 12.4 Å². The third-order valence-electron chi connectivity index (χ3n) is 2.16. The molecule has 1 rings (SSSR count). The molecule has 0 radical (unpaired) electrons. The highest BCUT2D eigenvalue weighted by atomic mass is 14.7. The largest absolute Gasteiger partial charge is 0.293 e. The zero-order valence-corrected chi connectivity index (χ0v) is 10.7. The lowest BCUT2D eigenvalue weighted by molar-refractivity contribution is 1.12. The van der Waals surface area contributed by atoms with Crippen molar-refractivity contribution in [2.45, 2.75) is 41.0 Å². The van der Waals surface area contributed by atoms with Crippen molar-refractivity contribution in [3.8, 4) is 0 Å². The smallest absolute Gasteiger partial charge is 0.0361 e. The van der Waals surface area contributed by atoms with E-state index in [1.165, 1.54) is 16.7 Å². The number of benzene rings is 1. The Labute approximate surface area is 94.3 Å². The van der Waals surface area contributed by atoms with Crippen molar-refractivity contribution in [2.24, 2.45) is 4.99 Å². The zero-order valence-electron chi connectivity index (χ0n) is 10.7. The Hall–Kier alpha value is -1.11. The first kappa shape index (κ1) is 13.9. The average Bonchev–Trinajstić information content (AvgIpc) is 2.31. The Kier molecular flexibility index (Phi) is 7.61. The standard InChI is InChI=1S/C12H17N.C2H6/c1-4-11-7-6-10(3)12(8-11)9-13-5-2;1-2/h6-9H,4-5H2,1-3H3;1-2H3. The van der Waals surface area contributed by atoms with Gasteiger partial charge in [-0.3, -0.25) is 4.99 Å². The van der Waals surface area contributed by atoms with Crippen LogP contribution < -0.4 is 0 Å². The second kappa shape index (κ2) is 8.22. The first-order chi connectivity index (χ1) is 7.27. The van der Waals surface area contributed by atoms with Crippen LogP contribution in [-0.4, -0.2) is 12.8 Å². The molecule has 1 aromatic rings. The van der Waals surface area contributed by atoms with Crippen LogP contribution in [0.15, 0.2) is 23.2 Å². The van der Waals surface area contributed by atoms with E-state index >= 15 is 0 Å². The fourth-order valence-electron chi connectivity index (χ4n) is 1.24. The second-order valence-electron chi connectivity index (χ2n) is 3.17. The molecule has 1 aromatic carbocycles. The minimum atomic E-state index is 0.857. The molecule has 0 aromatic heterocycles. The molecule has 0 fully saturated rings. The van der Waals surface area contributed by atoms with Crippen LogP contribution >= 0.6 is 0 Å². The van der Waals surface area contributed by atoms with Gasteiger partial charge in [0.15, 0.2) is 0 Å². The summed E-state index contributed by atoms with van der Waals surface area (Å²) in [5.74, 6) is 0. The highest BCUT2D eigenvalue weighted by Gasteiger charge is 1.95. The van der Waals surface area contributed by atoms with Crippen molar-refractivity contribution in [1.29, 1.82) is 0 Å². The van der Waals surface area contributed by atoms with Crippen molar-refractivity contribution in [1.82, 2.24) is 0 Å². The van der Waals surface area contributed by atoms with E-state index in [2.05, 4.69) is 44.0 Å². The molecule has 0 spiro atoms. The quantitative estimate of drug-likeness (QED) is 0.661. The monoisotopic (exact) mass is 205 g/mol. The molecule has 0 bridgehead atoms. The van der Waals surface area contributed by atoms with E-state index in [0.29, 0.717) is 0 Å². The number of nitrogens with zero attached hydrogens (tertiary/aromatic N) is 1. The van der Waals surface area contributed by atoms with E-state index in [9.17, 15) is 0 Å². The van der Waals surface area contributed by atoms with Crippen molar-refractivity contribution in [2.75, 3.05) is 6.54 Å². The molecule has 0 atom stereocenters. The second-order valence-corrected chi connectivity index (χ2v) is 3.17. The SMILES string of the molecule is CC.CCN=Cc1cc(CC)ccc1C. The molecule has 0 saturated heterocycles. The van der Waals surface area contributed by atoms with E-state index in [0.717, 1.165) is 13.0 Å². The maximum Gasteiger partial charge on any atom is 0.0361 e. The number of hydrogen-bond acceptors (Lipinski definition) is 1. The van der Waals surface area contributed by atoms with Gasteiger partial charge in [0.1, 0.15) is 0 Å². The highest BCUT2D eigenvalue weighted by molar-refractivity contribution is 5.81. The van der Waals surface area contributed by atoms with Crippen molar-refractivity contribution >= 4 is 6.21 Å². The third kappa shape index (κ3) is 4.78. The van der Waals surface area contributed by atoms with Gasteiger partial charge in [-0.05, 0) is 43.0 Å². The fraction of sp³-hybridized carbons (Fsp3) is 0.500. The fourth-order valence-corrected chi connectivity index (χ4v) is 1.24. The van der Waals surface area contributed by atoms with Gasteiger partial charge in [0.2, 0.25) is 0 Å². The Morgan fingerprint density at radius 3 is 2.40 bits per heavy atom. The van der Waals surface area contributed by atoms with Gasteiger partial charge in [-0.2, -0.15) is 0 Å². The Bertz CT molecular complexity index is 300. The molecule has 0 aliphatic carbocycles. The van der Waals surface area contributed by atoms with E-state index in [-0.39, 0.29) is 0 Å². The summed E-state index contributed by atoms with van der Waals surface area (Å²) < 4.78 is 0. The summed E-state index contributed by atoms with van der Waals surface area (Å²) in [6.07, 6.45) is 3.06. The maximum absolute atomic E-state index is 4.25. The van der Waals surface area contributed by atoms with Gasteiger partial charge in [0.25, 0.3) is 0 Å². The molecule has 1 heteroatoms. The predicted molar refractivity (Wildman–Crippen MR) is 70.0 cm³/mol. The molecule has 0 unspecified atom stereocenters. The summed E-state index contributed by atoms with van der Waals surface area (Å²) in [6, 6.07) is 6.56. The first-order valence-electron chi connectivity index (χ1n) is 5.87. The summed E-state index contributed by atoms with van der Waals surface area (Å²) in [4.78, 5) is 4.25. The van der Waals surface area contributed by atoms with Crippen LogP contribution in [0.5, 0.6) is 0 Å². The summed E-state index contributed by atoms with van der Waals surface area (Å²) in [5, 5.41) is 0. The molecule has 84 valence electrons. The molecule has 0 N–H and O–H groups in total. The molecule has 1 nitrogen and oxygen atoms in total. The van der Waals surface area contributed by atoms with Crippen LogP contribution in [-0.2, 0) is 6.42 Å². The summed E-state index contributed by atoms with van der Waals surface area (Å²) in [7, 11) is 0. The summed E-state index contributed by atoms with van der Waals surface area (Å²) >= 11 is 0. The Morgan fingerprint density at radius 1 is 1.20 bits per heavy atom. The van der Waals surface area contributed by atoms with Crippen molar-refractivity contribution in [3.05, 3.63) is 34.9 Å². The lowest BCUT2D eigenvalue weighted by atomic mass is 10.0. The van der Waals surface area contributed by atoms with Crippen LogP contribution in [0.3, 0.4) is 0 Å². The normalized spacial score (nSPS) is 9.93. The summed E-state index contributed by atoms with van der Waals surface area (Å²) in [5.41, 5.74) is 3.93. The molecular weight excluding hydrogens is 182 g/mol. The molecule has 15 heavy (non-hydrogen) atoms. The summed E-state index contributed by atoms with van der Waals surface area (Å²) in [6.45, 7) is 11.2. The molecule has 0 aliphatic rings. The van der Waals surface area contributed by atoms with Gasteiger partial charge in [-0.1, -0.05) is 32.9 Å². The van der Waals surface area contributed by atoms with Crippen LogP contribution in [0.1, 0.15) is 44.4 Å². The van der Waals surface area contributed by atoms with E-state index in [1.54, 1.807) is 0 Å². The maximum atomic E-state index is 4.25. The number of rotatable bonds is 3. The molecular formula is C14H23N. The molecule has 0 saturated carbocycles. The minimum absolute atomic E-state index is 0.857. The van der Waals surface area contributed by atoms with E-state index < -0.39 is 0 Å². The third-order valence-corrected chi connectivity index (χ3v) is 2.16. The molecule has 0 amide bonds. The van der Waals surface area contributed by atoms with Gasteiger partial charge in [-0.25, -0.2) is 0 Å². The number of hydrogen-bond donors (Lipinski definition) is 0. The van der Waals surface area contributed by atoms with Crippen LogP contribution in [0.25, 0.3) is 0 Å². The lowest BCUT2D eigenvalue weighted by Gasteiger charge is -2.02. The van der Waals surface area contributed by atoms with Crippen molar-refractivity contribution < 1.29 is 0 Å². The van der Waals surface area contributed by atoms with Gasteiger partial charge < -0.3 is 0 Å². The van der Waals surface area contributed by atoms with Gasteiger partial charge in [-0.15, -0.1) is 0 Å². The van der Waals surface area contributed by atoms with Crippen LogP contribution in [0.4, 0.5) is 0 Å². The zero-order chi connectivity index (χ0) is 11.7. The lowest BCUT2D eigenvalue weighted by Crippen LogP contribution is -1.90. The highest BCUT2D eigenvalue weighted by Crippen LogP contribution is 2.09. The van der Waals surface area contributed by atoms with Crippen LogP contribution in [0, 0.1) is 6.92 Å². The number of aliphatic imine (C=N–C) groups is 1. The minimum Gasteiger partial charge on any atom is -0.293 e. The van der Waals surface area contributed by atoms with E-state index in [1.807, 2.05) is 20.1 Å². The van der Waals surface area contributed by atoms with E-state index in [4.69, 9.17) is 0 Å². The van der Waals surface area contributed by atoms with Crippen LogP contribution in [0.2, 0.25) is 0 Å². The van der Waals surface area contributed by atoms with Gasteiger partial charge >= 0.3 is 0 Å². The van der Waals surface area contributed by atoms with Gasteiger partial charge in [0, 0.05) is 12.8 Å². The molecule has 0 aliphatic heterocycles. The van der Waals surface area contributed by atoms with Crippen molar-refractivity contribution in [3.63, 3.8) is 0 Å². The molecule has 0 heterocycles. The average molecular weight is 205 g/mol. The van der Waals surface area contributed by atoms with Gasteiger partial charge in [0.05, 0.1) is 0 Å². The number of aryl methyl sites for hydroxylation is 2. The Morgan fingerprint density at radius 2 is 1.87 bits per heavy atom. The first-order valence-corrected chi connectivity index (χ1v) is 5.87. The Balaban J connectivity index is 0.000000921. The predicted octanol–water partition coefficient (Wildman–Crippen LogP) is 4.02.